The van der Waals surface area contributed by atoms with Crippen LogP contribution in [-0.4, -0.2) is 75.8 Å². The van der Waals surface area contributed by atoms with Gasteiger partial charge >= 0.3 is 6.09 Å². The van der Waals surface area contributed by atoms with Crippen molar-refractivity contribution in [1.82, 2.24) is 14.9 Å². The van der Waals surface area contributed by atoms with E-state index in [9.17, 15) is 19.5 Å². The van der Waals surface area contributed by atoms with Crippen LogP contribution in [0.5, 0.6) is 0 Å². The zero-order chi connectivity index (χ0) is 21.8. The lowest BCUT2D eigenvalue weighted by molar-refractivity contribution is -0.266. The zero-order valence-electron chi connectivity index (χ0n) is 17.4. The van der Waals surface area contributed by atoms with E-state index in [0.717, 1.165) is 10.6 Å². The lowest BCUT2D eigenvalue weighted by Crippen LogP contribution is -2.73. The smallest absolute Gasteiger partial charge is 0.433 e. The van der Waals surface area contributed by atoms with Crippen molar-refractivity contribution < 1.29 is 24.3 Å². The lowest BCUT2D eigenvalue weighted by atomic mass is 9.96. The Kier molecular flexibility index (Phi) is 6.94. The van der Waals surface area contributed by atoms with E-state index in [4.69, 9.17) is 10.6 Å². The predicted octanol–water partition coefficient (Wildman–Crippen LogP) is 1.28. The maximum atomic E-state index is 13.3. The number of carboxylic acid groups (broad SMARTS) is 1. The largest absolute Gasteiger partial charge is 0.463 e. The van der Waals surface area contributed by atoms with Gasteiger partial charge in [-0.2, -0.15) is 5.06 Å². The molecule has 0 aromatic heterocycles. The van der Waals surface area contributed by atoms with Gasteiger partial charge < -0.3 is 20.6 Å². The zero-order valence-corrected chi connectivity index (χ0v) is 17.4. The first kappa shape index (κ1) is 22.0. The summed E-state index contributed by atoms with van der Waals surface area (Å²) >= 11 is 0. The second kappa shape index (κ2) is 9.44. The number of fused-ring (bicyclic) bond motifs is 1. The molecule has 0 aliphatic carbocycles. The van der Waals surface area contributed by atoms with Gasteiger partial charge in [-0.1, -0.05) is 44.2 Å². The number of nitrogens with zero attached hydrogens (tertiary/aromatic N) is 3. The number of nitrogens with two attached hydrogens (primary N) is 1. The topological polar surface area (TPSA) is 116 Å². The van der Waals surface area contributed by atoms with Gasteiger partial charge in [0.05, 0.1) is 6.54 Å². The van der Waals surface area contributed by atoms with Gasteiger partial charge in [0.2, 0.25) is 5.91 Å². The van der Waals surface area contributed by atoms with Crippen molar-refractivity contribution in [2.75, 3.05) is 19.6 Å². The molecule has 3 N–H and O–H groups in total. The van der Waals surface area contributed by atoms with Crippen LogP contribution in [0.3, 0.4) is 0 Å². The van der Waals surface area contributed by atoms with E-state index in [0.29, 0.717) is 19.4 Å². The molecule has 0 radical (unpaired) electrons. The van der Waals surface area contributed by atoms with Gasteiger partial charge in [-0.15, -0.1) is 0 Å². The third-order valence-corrected chi connectivity index (χ3v) is 5.50. The molecule has 2 aliphatic rings. The molecule has 1 aromatic carbocycles. The molecule has 2 heterocycles. The first-order chi connectivity index (χ1) is 14.3. The quantitative estimate of drug-likeness (QED) is 0.689. The summed E-state index contributed by atoms with van der Waals surface area (Å²) in [5.41, 5.74) is 6.66. The number of piperazine rings is 1. The maximum absolute atomic E-state index is 13.3. The fourth-order valence-corrected chi connectivity index (χ4v) is 4.09. The number of hydrogen-bond acceptors (Lipinski definition) is 5. The molecule has 2 saturated heterocycles. The summed E-state index contributed by atoms with van der Waals surface area (Å²) < 4.78 is 0. The summed E-state index contributed by atoms with van der Waals surface area (Å²) in [7, 11) is 0. The monoisotopic (exact) mass is 418 g/mol. The number of rotatable bonds is 7. The average molecular weight is 418 g/mol. The van der Waals surface area contributed by atoms with Crippen LogP contribution in [0, 0.1) is 5.92 Å². The Morgan fingerprint density at radius 2 is 1.93 bits per heavy atom. The molecule has 0 saturated carbocycles. The minimum Gasteiger partial charge on any atom is -0.463 e. The van der Waals surface area contributed by atoms with Crippen molar-refractivity contribution >= 4 is 17.9 Å². The molecule has 2 fully saturated rings. The molecular formula is C21H30N4O5. The van der Waals surface area contributed by atoms with Crippen LogP contribution in [0.25, 0.3) is 0 Å². The van der Waals surface area contributed by atoms with Crippen LogP contribution in [-0.2, 0) is 20.8 Å². The first-order valence-electron chi connectivity index (χ1n) is 10.4. The summed E-state index contributed by atoms with van der Waals surface area (Å²) in [5.74, 6) is -0.372. The third-order valence-electron chi connectivity index (χ3n) is 5.50. The fraction of sp³-hybridized carbons (Fsp3) is 0.571. The molecule has 3 atom stereocenters. The van der Waals surface area contributed by atoms with Crippen molar-refractivity contribution in [2.45, 2.75) is 51.4 Å². The molecule has 2 aliphatic heterocycles. The van der Waals surface area contributed by atoms with Gasteiger partial charge in [-0.05, 0) is 37.3 Å². The Bertz CT molecular complexity index is 772. The highest BCUT2D eigenvalue weighted by Gasteiger charge is 2.52. The molecular weight excluding hydrogens is 388 g/mol. The maximum Gasteiger partial charge on any atom is 0.433 e. The van der Waals surface area contributed by atoms with E-state index in [2.05, 4.69) is 0 Å². The van der Waals surface area contributed by atoms with Gasteiger partial charge in [0.25, 0.3) is 5.91 Å². The van der Waals surface area contributed by atoms with Crippen LogP contribution in [0.15, 0.2) is 30.3 Å². The Labute approximate surface area is 176 Å². The van der Waals surface area contributed by atoms with E-state index in [1.165, 1.54) is 4.90 Å². The van der Waals surface area contributed by atoms with Crippen LogP contribution in [0.4, 0.5) is 4.79 Å². The van der Waals surface area contributed by atoms with Gasteiger partial charge in [0.15, 0.2) is 12.3 Å². The van der Waals surface area contributed by atoms with Crippen molar-refractivity contribution in [3.05, 3.63) is 35.9 Å². The number of amides is 3. The average Bonchev–Trinajstić information content (AvgIpc) is 2.71. The molecule has 1 aromatic rings. The highest BCUT2D eigenvalue weighted by Crippen LogP contribution is 2.31. The predicted molar refractivity (Wildman–Crippen MR) is 109 cm³/mol. The molecule has 164 valence electrons. The molecule has 9 nitrogen and oxygen atoms in total. The highest BCUT2D eigenvalue weighted by molar-refractivity contribution is 5.92. The van der Waals surface area contributed by atoms with Crippen LogP contribution in [0.1, 0.15) is 32.3 Å². The number of carbonyl (C=O) groups excluding carboxylic acids is 2. The van der Waals surface area contributed by atoms with E-state index in [1.54, 1.807) is 4.90 Å². The minimum atomic E-state index is -1.29. The molecule has 0 spiro atoms. The second-order valence-corrected chi connectivity index (χ2v) is 8.17. The first-order valence-corrected chi connectivity index (χ1v) is 10.4. The van der Waals surface area contributed by atoms with E-state index in [-0.39, 0.29) is 37.2 Å². The Morgan fingerprint density at radius 3 is 2.53 bits per heavy atom. The lowest BCUT2D eigenvalue weighted by Gasteiger charge is -2.52. The van der Waals surface area contributed by atoms with Crippen LogP contribution in [0.2, 0.25) is 0 Å². The molecule has 3 amide bonds. The summed E-state index contributed by atoms with van der Waals surface area (Å²) in [6.07, 6.45) is -1.88. The number of carbonyl (C=O) groups is 3. The third kappa shape index (κ3) is 4.57. The van der Waals surface area contributed by atoms with Crippen molar-refractivity contribution in [3.8, 4) is 0 Å². The summed E-state index contributed by atoms with van der Waals surface area (Å²) in [4.78, 5) is 46.9. The second-order valence-electron chi connectivity index (χ2n) is 8.17. The summed E-state index contributed by atoms with van der Waals surface area (Å²) in [6, 6.07) is 9.06. The van der Waals surface area contributed by atoms with Crippen molar-refractivity contribution in [2.24, 2.45) is 11.7 Å². The van der Waals surface area contributed by atoms with Gasteiger partial charge in [0.1, 0.15) is 6.04 Å². The SMILES string of the molecule is CC(C)C[C@H]1C(=O)N(CCc2ccccc2)CC2N(C(=O)O)O[C@H](CCN)C(=O)N21. The van der Waals surface area contributed by atoms with Gasteiger partial charge in [-0.25, -0.2) is 4.79 Å². The molecule has 1 unspecified atom stereocenters. The van der Waals surface area contributed by atoms with Crippen molar-refractivity contribution in [3.63, 3.8) is 0 Å². The number of hydrogen-bond donors (Lipinski definition) is 2. The van der Waals surface area contributed by atoms with E-state index in [1.807, 2.05) is 44.2 Å². The van der Waals surface area contributed by atoms with Crippen LogP contribution < -0.4 is 5.73 Å². The van der Waals surface area contributed by atoms with Crippen LogP contribution >= 0.6 is 0 Å². The standard InChI is InChI=1S/C21H30N4O5/c1-14(2)12-16-19(26)23(11-9-15-6-4-3-5-7-15)13-18-24(16)20(27)17(8-10-22)30-25(18)21(28)29/h3-7,14,16-18H,8-13,22H2,1-2H3,(H,28,29)/t16-,17+,18?/m0/s1. The van der Waals surface area contributed by atoms with Crippen molar-refractivity contribution in [1.29, 1.82) is 0 Å². The normalized spacial score (nSPS) is 24.4. The Morgan fingerprint density at radius 1 is 1.23 bits per heavy atom. The Balaban J connectivity index is 1.88. The minimum absolute atomic E-state index is 0.0770. The molecule has 9 heteroatoms. The summed E-state index contributed by atoms with van der Waals surface area (Å²) in [6.45, 7) is 4.64. The number of benzene rings is 1. The van der Waals surface area contributed by atoms with E-state index < -0.39 is 24.4 Å². The van der Waals surface area contributed by atoms with Gasteiger partial charge in [-0.3, -0.25) is 14.4 Å². The fourth-order valence-electron chi connectivity index (χ4n) is 4.09. The Hall–Kier alpha value is -2.65. The summed E-state index contributed by atoms with van der Waals surface area (Å²) in [5, 5.41) is 10.5. The molecule has 0 bridgehead atoms. The van der Waals surface area contributed by atoms with Gasteiger partial charge in [0, 0.05) is 6.54 Å². The molecule has 30 heavy (non-hydrogen) atoms. The number of hydroxylamine groups is 2. The highest BCUT2D eigenvalue weighted by atomic mass is 16.7. The van der Waals surface area contributed by atoms with E-state index >= 15 is 0 Å². The molecule has 3 rings (SSSR count).